The van der Waals surface area contributed by atoms with E-state index in [9.17, 15) is 28.8 Å². The summed E-state index contributed by atoms with van der Waals surface area (Å²) in [6.07, 6.45) is 0.0496. The summed E-state index contributed by atoms with van der Waals surface area (Å²) in [6, 6.07) is -1.76. The number of amides is 6. The van der Waals surface area contributed by atoms with Crippen molar-refractivity contribution >= 4 is 35.8 Å². The Bertz CT molecular complexity index is 927. The van der Waals surface area contributed by atoms with Gasteiger partial charge in [-0.2, -0.15) is 0 Å². The van der Waals surface area contributed by atoms with E-state index < -0.39 is 53.2 Å². The molecule has 6 amide bonds. The molecule has 2 atom stereocenters. The predicted octanol–water partition coefficient (Wildman–Crippen LogP) is 1.86. The Kier molecular flexibility index (Phi) is 18.1. The van der Waals surface area contributed by atoms with Crippen molar-refractivity contribution in [1.82, 2.24) is 31.9 Å². The lowest BCUT2D eigenvalue weighted by molar-refractivity contribution is -0.133. The Morgan fingerprint density at radius 3 is 1.79 bits per heavy atom. The van der Waals surface area contributed by atoms with E-state index in [0.717, 1.165) is 0 Å². The maximum atomic E-state index is 13.2. The zero-order valence-electron chi connectivity index (χ0n) is 27.4. The molecule has 0 aromatic carbocycles. The minimum atomic E-state index is -0.912. The topological polar surface area (TPSA) is 193 Å². The summed E-state index contributed by atoms with van der Waals surface area (Å²) >= 11 is 0. The van der Waals surface area contributed by atoms with Gasteiger partial charge >= 0.3 is 12.2 Å². The molecule has 0 saturated carbocycles. The number of nitrogens with one attached hydrogen (secondary N) is 6. The van der Waals surface area contributed by atoms with E-state index in [1.807, 2.05) is 0 Å². The molecule has 0 rings (SSSR count). The number of imide groups is 1. The number of unbranched alkanes of at least 4 members (excludes halogenated alkanes) is 1. The van der Waals surface area contributed by atoms with Crippen molar-refractivity contribution in [1.29, 1.82) is 0 Å². The third-order valence-electron chi connectivity index (χ3n) is 5.61. The minimum absolute atomic E-state index is 0.0448. The standard InChI is InChI=1S/C29H54N6O8/c1-19(2)23(34-21(36)14-12-15-22(37)35-27(41)43-29(6,7)8)25(39)33-20(24(38)31-18-17-30-9)13-10-11-16-32-26(40)42-28(3,4)5/h19-20,23,30H,10-18H2,1-9H3,(H,31,38)(H,32,40)(H,33,39)(H,34,36)(H,35,37,41). The third-order valence-corrected chi connectivity index (χ3v) is 5.61. The van der Waals surface area contributed by atoms with Gasteiger partial charge in [-0.3, -0.25) is 24.5 Å². The summed E-state index contributed by atoms with van der Waals surface area (Å²) in [5.74, 6) is -2.17. The molecule has 0 heterocycles. The molecule has 0 bridgehead atoms. The monoisotopic (exact) mass is 614 g/mol. The highest BCUT2D eigenvalue weighted by Gasteiger charge is 2.28. The number of likely N-dealkylation sites (N-methyl/N-ethyl adjacent to an activating group) is 1. The molecule has 0 aromatic heterocycles. The van der Waals surface area contributed by atoms with Crippen molar-refractivity contribution in [3.8, 4) is 0 Å². The molecule has 0 spiro atoms. The van der Waals surface area contributed by atoms with Crippen molar-refractivity contribution in [3.63, 3.8) is 0 Å². The first kappa shape index (κ1) is 39.6. The van der Waals surface area contributed by atoms with Crippen LogP contribution in [0.4, 0.5) is 9.59 Å². The fourth-order valence-corrected chi connectivity index (χ4v) is 3.61. The van der Waals surface area contributed by atoms with E-state index in [-0.39, 0.29) is 31.1 Å². The van der Waals surface area contributed by atoms with E-state index in [2.05, 4.69) is 31.9 Å². The fraction of sp³-hybridized carbons (Fsp3) is 0.793. The van der Waals surface area contributed by atoms with Crippen molar-refractivity contribution in [2.24, 2.45) is 5.92 Å². The second-order valence-electron chi connectivity index (χ2n) is 12.6. The number of hydrogen-bond acceptors (Lipinski definition) is 9. The first-order chi connectivity index (χ1) is 19.8. The minimum Gasteiger partial charge on any atom is -0.444 e. The van der Waals surface area contributed by atoms with Gasteiger partial charge < -0.3 is 36.1 Å². The molecule has 0 saturated heterocycles. The number of hydrogen-bond donors (Lipinski definition) is 6. The summed E-state index contributed by atoms with van der Waals surface area (Å²) in [4.78, 5) is 74.2. The Morgan fingerprint density at radius 2 is 1.23 bits per heavy atom. The summed E-state index contributed by atoms with van der Waals surface area (Å²) in [7, 11) is 1.76. The van der Waals surface area contributed by atoms with Crippen LogP contribution in [0.5, 0.6) is 0 Å². The van der Waals surface area contributed by atoms with Gasteiger partial charge in [-0.1, -0.05) is 13.8 Å². The molecule has 14 heteroatoms. The second-order valence-corrected chi connectivity index (χ2v) is 12.6. The van der Waals surface area contributed by atoms with Crippen LogP contribution in [0.1, 0.15) is 93.9 Å². The number of rotatable bonds is 17. The average molecular weight is 615 g/mol. The molecule has 0 aromatic rings. The fourth-order valence-electron chi connectivity index (χ4n) is 3.61. The quantitative estimate of drug-likeness (QED) is 0.133. The van der Waals surface area contributed by atoms with Crippen LogP contribution in [0.2, 0.25) is 0 Å². The molecule has 6 N–H and O–H groups in total. The van der Waals surface area contributed by atoms with Crippen molar-refractivity contribution in [2.45, 2.75) is 117 Å². The van der Waals surface area contributed by atoms with E-state index in [4.69, 9.17) is 9.47 Å². The van der Waals surface area contributed by atoms with Gasteiger partial charge in [-0.05, 0) is 80.2 Å². The van der Waals surface area contributed by atoms with Crippen LogP contribution in [0.3, 0.4) is 0 Å². The van der Waals surface area contributed by atoms with Gasteiger partial charge in [0.2, 0.25) is 23.6 Å². The number of carbonyl (C=O) groups is 6. The van der Waals surface area contributed by atoms with E-state index in [1.54, 1.807) is 62.4 Å². The number of carbonyl (C=O) groups excluding carboxylic acids is 6. The molecule has 0 aliphatic carbocycles. The first-order valence-corrected chi connectivity index (χ1v) is 14.9. The van der Waals surface area contributed by atoms with E-state index in [0.29, 0.717) is 38.9 Å². The third kappa shape index (κ3) is 21.0. The second kappa shape index (κ2) is 19.7. The molecule has 0 aliphatic heterocycles. The van der Waals surface area contributed by atoms with Crippen molar-refractivity contribution in [2.75, 3.05) is 26.7 Å². The van der Waals surface area contributed by atoms with Gasteiger partial charge in [0.05, 0.1) is 0 Å². The summed E-state index contributed by atoms with van der Waals surface area (Å²) < 4.78 is 10.2. The molecular formula is C29H54N6O8. The molecule has 0 fully saturated rings. The van der Waals surface area contributed by atoms with Crippen LogP contribution in [-0.2, 0) is 28.7 Å². The largest absolute Gasteiger partial charge is 0.444 e. The predicted molar refractivity (Wildman–Crippen MR) is 162 cm³/mol. The van der Waals surface area contributed by atoms with Gasteiger partial charge in [0.1, 0.15) is 23.3 Å². The van der Waals surface area contributed by atoms with Crippen LogP contribution in [-0.4, -0.2) is 85.8 Å². The summed E-state index contributed by atoms with van der Waals surface area (Å²) in [5.41, 5.74) is -1.36. The highest BCUT2D eigenvalue weighted by atomic mass is 16.6. The SMILES string of the molecule is CNCCNC(=O)C(CCCCNC(=O)OC(C)(C)C)NC(=O)C(NC(=O)CCCC(=O)NC(=O)OC(C)(C)C)C(C)C. The van der Waals surface area contributed by atoms with Gasteiger partial charge in [-0.25, -0.2) is 9.59 Å². The van der Waals surface area contributed by atoms with Crippen LogP contribution < -0.4 is 31.9 Å². The van der Waals surface area contributed by atoms with Crippen LogP contribution in [0.15, 0.2) is 0 Å². The molecular weight excluding hydrogens is 560 g/mol. The maximum absolute atomic E-state index is 13.2. The summed E-state index contributed by atoms with van der Waals surface area (Å²) in [5, 5.41) is 16.0. The van der Waals surface area contributed by atoms with Crippen molar-refractivity contribution in [3.05, 3.63) is 0 Å². The highest BCUT2D eigenvalue weighted by Crippen LogP contribution is 2.09. The lowest BCUT2D eigenvalue weighted by Gasteiger charge is -2.25. The number of ether oxygens (including phenoxy) is 2. The van der Waals surface area contributed by atoms with Crippen LogP contribution in [0.25, 0.3) is 0 Å². The molecule has 0 radical (unpaired) electrons. The van der Waals surface area contributed by atoms with Gasteiger partial charge in [-0.15, -0.1) is 0 Å². The maximum Gasteiger partial charge on any atom is 0.414 e. The van der Waals surface area contributed by atoms with Gasteiger partial charge in [0.25, 0.3) is 0 Å². The lowest BCUT2D eigenvalue weighted by Crippen LogP contribution is -2.55. The van der Waals surface area contributed by atoms with Gasteiger partial charge in [0, 0.05) is 32.5 Å². The lowest BCUT2D eigenvalue weighted by atomic mass is 10.0. The smallest absolute Gasteiger partial charge is 0.414 e. The van der Waals surface area contributed by atoms with E-state index >= 15 is 0 Å². The molecule has 2 unspecified atom stereocenters. The zero-order valence-corrected chi connectivity index (χ0v) is 27.4. The van der Waals surface area contributed by atoms with Crippen molar-refractivity contribution < 1.29 is 38.2 Å². The Labute approximate surface area is 255 Å². The Balaban J connectivity index is 4.98. The summed E-state index contributed by atoms with van der Waals surface area (Å²) in [6.45, 7) is 15.1. The van der Waals surface area contributed by atoms with Gasteiger partial charge in [0.15, 0.2) is 0 Å². The van der Waals surface area contributed by atoms with E-state index in [1.165, 1.54) is 0 Å². The molecule has 0 aliphatic rings. The Hall–Kier alpha value is -3.42. The zero-order chi connectivity index (χ0) is 33.2. The normalized spacial score (nSPS) is 12.9. The first-order valence-electron chi connectivity index (χ1n) is 14.9. The number of alkyl carbamates (subject to hydrolysis) is 2. The molecule has 43 heavy (non-hydrogen) atoms. The Morgan fingerprint density at radius 1 is 0.651 bits per heavy atom. The average Bonchev–Trinajstić information content (AvgIpc) is 2.83. The molecule has 248 valence electrons. The van der Waals surface area contributed by atoms with Crippen LogP contribution in [0, 0.1) is 5.92 Å². The molecule has 14 nitrogen and oxygen atoms in total. The van der Waals surface area contributed by atoms with Crippen LogP contribution >= 0.6 is 0 Å². The highest BCUT2D eigenvalue weighted by molar-refractivity contribution is 5.93.